The number of rotatable bonds is 4. The SMILES string of the molecule is CCN(C)C(=O)COc1ccc(Br)cc1. The van der Waals surface area contributed by atoms with Gasteiger partial charge in [0.05, 0.1) is 0 Å². The molecule has 82 valence electrons. The van der Waals surface area contributed by atoms with E-state index in [9.17, 15) is 4.79 Å². The van der Waals surface area contributed by atoms with Gasteiger partial charge in [0, 0.05) is 18.1 Å². The van der Waals surface area contributed by atoms with Gasteiger partial charge in [-0.05, 0) is 31.2 Å². The van der Waals surface area contributed by atoms with Crippen molar-refractivity contribution in [3.05, 3.63) is 28.7 Å². The third-order valence-corrected chi connectivity index (χ3v) is 2.60. The van der Waals surface area contributed by atoms with Crippen LogP contribution in [0.1, 0.15) is 6.92 Å². The number of amides is 1. The summed E-state index contributed by atoms with van der Waals surface area (Å²) in [6.45, 7) is 2.71. The van der Waals surface area contributed by atoms with Crippen molar-refractivity contribution < 1.29 is 9.53 Å². The van der Waals surface area contributed by atoms with Gasteiger partial charge in [-0.3, -0.25) is 4.79 Å². The van der Waals surface area contributed by atoms with Crippen LogP contribution in [0.4, 0.5) is 0 Å². The van der Waals surface area contributed by atoms with Gasteiger partial charge in [0.1, 0.15) is 5.75 Å². The summed E-state index contributed by atoms with van der Waals surface area (Å²) < 4.78 is 6.33. The minimum atomic E-state index is -0.0135. The number of carbonyl (C=O) groups excluding carboxylic acids is 1. The van der Waals surface area contributed by atoms with Crippen molar-refractivity contribution in [1.82, 2.24) is 4.90 Å². The van der Waals surface area contributed by atoms with Crippen molar-refractivity contribution in [3.63, 3.8) is 0 Å². The molecule has 0 aromatic heterocycles. The molecule has 0 atom stereocenters. The fourth-order valence-electron chi connectivity index (χ4n) is 0.962. The first-order chi connectivity index (χ1) is 7.13. The number of hydrogen-bond donors (Lipinski definition) is 0. The fraction of sp³-hybridized carbons (Fsp3) is 0.364. The van der Waals surface area contributed by atoms with Crippen LogP contribution in [-0.2, 0) is 4.79 Å². The lowest BCUT2D eigenvalue weighted by atomic mass is 10.3. The summed E-state index contributed by atoms with van der Waals surface area (Å²) in [4.78, 5) is 13.0. The zero-order chi connectivity index (χ0) is 11.3. The second-order valence-corrected chi connectivity index (χ2v) is 4.07. The molecule has 0 heterocycles. The number of ether oxygens (including phenoxy) is 1. The molecule has 0 aliphatic heterocycles. The summed E-state index contributed by atoms with van der Waals surface area (Å²) in [7, 11) is 1.76. The van der Waals surface area contributed by atoms with Crippen molar-refractivity contribution in [3.8, 4) is 5.75 Å². The Bertz CT molecular complexity index is 324. The van der Waals surface area contributed by atoms with Gasteiger partial charge in [0.15, 0.2) is 6.61 Å². The quantitative estimate of drug-likeness (QED) is 0.841. The van der Waals surface area contributed by atoms with Crippen LogP contribution in [0.15, 0.2) is 28.7 Å². The summed E-state index contributed by atoms with van der Waals surface area (Å²) in [5.41, 5.74) is 0. The van der Waals surface area contributed by atoms with Crippen molar-refractivity contribution in [2.24, 2.45) is 0 Å². The molecule has 3 nitrogen and oxygen atoms in total. The minimum absolute atomic E-state index is 0.0135. The van der Waals surface area contributed by atoms with Gasteiger partial charge in [-0.15, -0.1) is 0 Å². The predicted molar refractivity (Wildman–Crippen MR) is 62.9 cm³/mol. The van der Waals surface area contributed by atoms with E-state index in [0.29, 0.717) is 12.3 Å². The lowest BCUT2D eigenvalue weighted by Gasteiger charge is -2.14. The number of nitrogens with zero attached hydrogens (tertiary/aromatic N) is 1. The lowest BCUT2D eigenvalue weighted by molar-refractivity contribution is -0.131. The Kier molecular flexibility index (Phi) is 4.62. The maximum Gasteiger partial charge on any atom is 0.260 e. The highest BCUT2D eigenvalue weighted by Crippen LogP contribution is 2.15. The molecule has 0 N–H and O–H groups in total. The van der Waals surface area contributed by atoms with E-state index >= 15 is 0 Å². The zero-order valence-corrected chi connectivity index (χ0v) is 10.5. The maximum atomic E-state index is 11.4. The molecule has 1 amide bonds. The van der Waals surface area contributed by atoms with E-state index in [2.05, 4.69) is 15.9 Å². The van der Waals surface area contributed by atoms with E-state index in [1.807, 2.05) is 31.2 Å². The monoisotopic (exact) mass is 271 g/mol. The first-order valence-electron chi connectivity index (χ1n) is 4.75. The Hall–Kier alpha value is -1.03. The number of halogens is 1. The molecular weight excluding hydrogens is 258 g/mol. The van der Waals surface area contributed by atoms with Crippen LogP contribution in [0.3, 0.4) is 0 Å². The van der Waals surface area contributed by atoms with Gasteiger partial charge < -0.3 is 9.64 Å². The van der Waals surface area contributed by atoms with Gasteiger partial charge >= 0.3 is 0 Å². The molecule has 0 saturated heterocycles. The van der Waals surface area contributed by atoms with E-state index in [0.717, 1.165) is 4.47 Å². The van der Waals surface area contributed by atoms with E-state index in [4.69, 9.17) is 4.74 Å². The number of benzene rings is 1. The standard InChI is InChI=1S/C11H14BrNO2/c1-3-13(2)11(14)8-15-10-6-4-9(12)5-7-10/h4-7H,3,8H2,1-2H3. The Balaban J connectivity index is 2.43. The fourth-order valence-corrected chi connectivity index (χ4v) is 1.23. The summed E-state index contributed by atoms with van der Waals surface area (Å²) in [6.07, 6.45) is 0. The molecule has 1 aromatic rings. The van der Waals surface area contributed by atoms with Crippen LogP contribution < -0.4 is 4.74 Å². The van der Waals surface area contributed by atoms with Gasteiger partial charge in [-0.1, -0.05) is 15.9 Å². The first-order valence-corrected chi connectivity index (χ1v) is 5.55. The number of likely N-dealkylation sites (N-methyl/N-ethyl adjacent to an activating group) is 1. The summed E-state index contributed by atoms with van der Waals surface area (Å²) in [6, 6.07) is 7.40. The van der Waals surface area contributed by atoms with Crippen molar-refractivity contribution in [1.29, 1.82) is 0 Å². The molecule has 0 radical (unpaired) electrons. The summed E-state index contributed by atoms with van der Waals surface area (Å²) in [5.74, 6) is 0.691. The molecule has 0 saturated carbocycles. The van der Waals surface area contributed by atoms with E-state index in [-0.39, 0.29) is 12.5 Å². The third kappa shape index (κ3) is 3.91. The van der Waals surface area contributed by atoms with Gasteiger partial charge in [-0.25, -0.2) is 0 Å². The highest BCUT2D eigenvalue weighted by atomic mass is 79.9. The molecule has 4 heteroatoms. The molecule has 0 bridgehead atoms. The van der Waals surface area contributed by atoms with Crippen LogP contribution in [0.5, 0.6) is 5.75 Å². The van der Waals surface area contributed by atoms with Crippen molar-refractivity contribution >= 4 is 21.8 Å². The average Bonchev–Trinajstić information content (AvgIpc) is 2.26. The second kappa shape index (κ2) is 5.75. The second-order valence-electron chi connectivity index (χ2n) is 3.15. The molecule has 0 aliphatic carbocycles. The van der Waals surface area contributed by atoms with Crippen LogP contribution in [0.25, 0.3) is 0 Å². The number of carbonyl (C=O) groups is 1. The Labute approximate surface area is 98.2 Å². The van der Waals surface area contributed by atoms with E-state index in [1.54, 1.807) is 11.9 Å². The third-order valence-electron chi connectivity index (χ3n) is 2.08. The average molecular weight is 272 g/mol. The maximum absolute atomic E-state index is 11.4. The van der Waals surface area contributed by atoms with Gasteiger partial charge in [-0.2, -0.15) is 0 Å². The van der Waals surface area contributed by atoms with E-state index in [1.165, 1.54) is 0 Å². The summed E-state index contributed by atoms with van der Waals surface area (Å²) in [5, 5.41) is 0. The Morgan fingerprint density at radius 1 is 1.40 bits per heavy atom. The minimum Gasteiger partial charge on any atom is -0.484 e. The van der Waals surface area contributed by atoms with Crippen LogP contribution in [-0.4, -0.2) is 31.0 Å². The Morgan fingerprint density at radius 2 is 2.00 bits per heavy atom. The number of hydrogen-bond acceptors (Lipinski definition) is 2. The van der Waals surface area contributed by atoms with Crippen LogP contribution in [0.2, 0.25) is 0 Å². The highest BCUT2D eigenvalue weighted by molar-refractivity contribution is 9.10. The molecule has 0 unspecified atom stereocenters. The largest absolute Gasteiger partial charge is 0.484 e. The molecule has 15 heavy (non-hydrogen) atoms. The van der Waals surface area contributed by atoms with Crippen molar-refractivity contribution in [2.45, 2.75) is 6.92 Å². The first kappa shape index (κ1) is 12.0. The molecule has 0 aliphatic rings. The smallest absolute Gasteiger partial charge is 0.260 e. The molecule has 0 spiro atoms. The van der Waals surface area contributed by atoms with Crippen LogP contribution in [0, 0.1) is 0 Å². The lowest BCUT2D eigenvalue weighted by Crippen LogP contribution is -2.31. The van der Waals surface area contributed by atoms with Gasteiger partial charge in [0.25, 0.3) is 5.91 Å². The molecule has 1 rings (SSSR count). The van der Waals surface area contributed by atoms with Gasteiger partial charge in [0.2, 0.25) is 0 Å². The predicted octanol–water partition coefficient (Wildman–Crippen LogP) is 2.31. The van der Waals surface area contributed by atoms with E-state index < -0.39 is 0 Å². The van der Waals surface area contributed by atoms with Crippen molar-refractivity contribution in [2.75, 3.05) is 20.2 Å². The highest BCUT2D eigenvalue weighted by Gasteiger charge is 2.06. The zero-order valence-electron chi connectivity index (χ0n) is 8.87. The normalized spacial score (nSPS) is 9.80. The van der Waals surface area contributed by atoms with Crippen LogP contribution >= 0.6 is 15.9 Å². The topological polar surface area (TPSA) is 29.5 Å². The Morgan fingerprint density at radius 3 is 2.53 bits per heavy atom. The summed E-state index contributed by atoms with van der Waals surface area (Å²) >= 11 is 3.33. The molecular formula is C11H14BrNO2. The molecule has 1 aromatic carbocycles. The molecule has 0 fully saturated rings.